The van der Waals surface area contributed by atoms with Gasteiger partial charge >= 0.3 is 133 Å². The van der Waals surface area contributed by atoms with Gasteiger partial charge in [-0.15, -0.1) is 0 Å². The summed E-state index contributed by atoms with van der Waals surface area (Å²) in [6.07, 6.45) is 0. The Hall–Kier alpha value is 5.65. The molecule has 0 radical (unpaired) electrons. The molecule has 0 amide bonds. The minimum absolute atomic E-state index is 0. The molecule has 0 aliphatic carbocycles. The van der Waals surface area contributed by atoms with Gasteiger partial charge in [-0.3, -0.25) is 0 Å². The molecular weight excluding hydrogens is 800 g/mol. The molecule has 0 spiro atoms. The number of hydrogen-bond acceptors (Lipinski definition) is 0. The SMILES string of the molecule is [I][Pb]([I])([I])[I].[RbH]. The molecule has 0 aliphatic heterocycles. The quantitative estimate of drug-likeness (QED) is 0.262. The number of rotatable bonds is 0. The molecule has 6 heteroatoms. The predicted molar refractivity (Wildman–Crippen MR) is 69.0 cm³/mol. The molecule has 0 rings (SSSR count). The monoisotopic (exact) mass is 802 g/mol. The van der Waals surface area contributed by atoms with E-state index in [4.69, 9.17) is 0 Å². The second-order valence-corrected chi connectivity index (χ2v) is 169. The van der Waals surface area contributed by atoms with Crippen molar-refractivity contribution >= 4 is 133 Å². The fourth-order valence-corrected chi connectivity index (χ4v) is 0. The summed E-state index contributed by atoms with van der Waals surface area (Å²) in [5.74, 6) is 0. The summed E-state index contributed by atoms with van der Waals surface area (Å²) >= 11 is 10.2. The Kier molecular flexibility index (Phi) is 17.3. The van der Waals surface area contributed by atoms with E-state index in [0.29, 0.717) is 0 Å². The number of halogens is 4. The van der Waals surface area contributed by atoms with Crippen LogP contribution in [-0.4, -0.2) is 62.2 Å². The average Bonchev–Trinajstić information content (AvgIpc) is 0.722. The summed E-state index contributed by atoms with van der Waals surface area (Å²) in [6.45, 7) is 0. The summed E-state index contributed by atoms with van der Waals surface area (Å²) in [7, 11) is 0. The Morgan fingerprint density at radius 1 is 0.833 bits per heavy atom. The van der Waals surface area contributed by atoms with Gasteiger partial charge < -0.3 is 0 Å². The molecule has 0 atom stereocenters. The van der Waals surface area contributed by atoms with E-state index < -0.39 is 4.00 Å². The van der Waals surface area contributed by atoms with E-state index in [1.165, 1.54) is 0 Å². The molecule has 0 nitrogen and oxygen atoms in total. The topological polar surface area (TPSA) is 0 Å². The van der Waals surface area contributed by atoms with Crippen LogP contribution in [0.4, 0.5) is 0 Å². The second-order valence-electron chi connectivity index (χ2n) is 0.429. The summed E-state index contributed by atoms with van der Waals surface area (Å²) < 4.78 is -1.40. The van der Waals surface area contributed by atoms with Crippen molar-refractivity contribution in [3.05, 3.63) is 0 Å². The number of hydrogen-bond donors (Lipinski definition) is 0. The summed E-state index contributed by atoms with van der Waals surface area (Å²) in [6, 6.07) is 0. The van der Waals surface area contributed by atoms with Crippen LogP contribution in [0.15, 0.2) is 0 Å². The fraction of sp³-hybridized carbons (Fsp3) is 0. The van der Waals surface area contributed by atoms with Gasteiger partial charge in [0.15, 0.2) is 0 Å². The molecule has 0 aromatic heterocycles. The van der Waals surface area contributed by atoms with Crippen molar-refractivity contribution < 1.29 is 0 Å². The third kappa shape index (κ3) is 22.6. The van der Waals surface area contributed by atoms with Crippen LogP contribution in [0.3, 0.4) is 0 Å². The molecule has 0 aromatic carbocycles. The van der Waals surface area contributed by atoms with E-state index in [1.807, 2.05) is 0 Å². The summed E-state index contributed by atoms with van der Waals surface area (Å²) in [4.78, 5) is 0. The van der Waals surface area contributed by atoms with E-state index in [9.17, 15) is 0 Å². The Bertz CT molecular complexity index is 23.0. The van der Waals surface area contributed by atoms with Crippen molar-refractivity contribution in [3.8, 4) is 0 Å². The van der Waals surface area contributed by atoms with Crippen LogP contribution < -0.4 is 0 Å². The van der Waals surface area contributed by atoms with Crippen LogP contribution >= 0.6 is 71.0 Å². The van der Waals surface area contributed by atoms with E-state index in [-0.39, 0.29) is 58.2 Å². The Balaban J connectivity index is 0. The predicted octanol–water partition coefficient (Wildman–Crippen LogP) is 2.51. The van der Waals surface area contributed by atoms with E-state index in [0.717, 1.165) is 0 Å². The molecule has 0 heterocycles. The molecular formula is HI4PbRb. The third-order valence-electron chi connectivity index (χ3n) is 0. The van der Waals surface area contributed by atoms with Crippen LogP contribution in [0.1, 0.15) is 0 Å². The first-order valence-corrected chi connectivity index (χ1v) is 44.5. The van der Waals surface area contributed by atoms with Gasteiger partial charge in [0.2, 0.25) is 0 Å². The molecule has 34 valence electrons. The zero-order valence-corrected chi connectivity index (χ0v) is 14.5. The standard InChI is InChI=1S/4HI.Pb.Rb.H/h4*1H;;;/q;;;;+4;;/p-4. The zero-order valence-electron chi connectivity index (χ0n) is 2.01. The van der Waals surface area contributed by atoms with E-state index in [2.05, 4.69) is 71.0 Å². The summed E-state index contributed by atoms with van der Waals surface area (Å²) in [5, 5.41) is 0. The Labute approximate surface area is 127 Å². The molecule has 0 N–H and O–H groups in total. The molecule has 6 heavy (non-hydrogen) atoms. The average molecular weight is 801 g/mol. The second kappa shape index (κ2) is 7.30. The van der Waals surface area contributed by atoms with Crippen molar-refractivity contribution in [2.45, 2.75) is 0 Å². The van der Waals surface area contributed by atoms with Crippen LogP contribution in [0, 0.1) is 0 Å². The van der Waals surface area contributed by atoms with Gasteiger partial charge in [0.25, 0.3) is 0 Å². The molecule has 0 fully saturated rings. The minimum atomic E-state index is -1.40. The first-order valence-electron chi connectivity index (χ1n) is 0.756. The summed E-state index contributed by atoms with van der Waals surface area (Å²) in [5.41, 5.74) is 0. The first kappa shape index (κ1) is 14.2. The van der Waals surface area contributed by atoms with Gasteiger partial charge in [-0.05, 0) is 0 Å². The molecule has 0 aliphatic rings. The molecule has 0 saturated carbocycles. The van der Waals surface area contributed by atoms with Crippen LogP contribution in [0.5, 0.6) is 0 Å². The van der Waals surface area contributed by atoms with E-state index >= 15 is 0 Å². The van der Waals surface area contributed by atoms with Gasteiger partial charge in [-0.2, -0.15) is 0 Å². The van der Waals surface area contributed by atoms with Gasteiger partial charge in [0.1, 0.15) is 0 Å². The molecule has 0 aromatic rings. The van der Waals surface area contributed by atoms with Crippen LogP contribution in [0.2, 0.25) is 0 Å². The normalized spacial score (nSPS) is 10.0. The maximum atomic E-state index is 2.56. The maximum absolute atomic E-state index is 2.56. The molecule has 0 unspecified atom stereocenters. The van der Waals surface area contributed by atoms with Crippen molar-refractivity contribution in [1.29, 1.82) is 0 Å². The van der Waals surface area contributed by atoms with Crippen molar-refractivity contribution in [1.82, 2.24) is 0 Å². The van der Waals surface area contributed by atoms with Gasteiger partial charge in [0.05, 0.1) is 0 Å². The van der Waals surface area contributed by atoms with Gasteiger partial charge in [-0.25, -0.2) is 0 Å². The van der Waals surface area contributed by atoms with Crippen LogP contribution in [0.25, 0.3) is 0 Å². The Morgan fingerprint density at radius 2 is 0.833 bits per heavy atom. The van der Waals surface area contributed by atoms with Gasteiger partial charge in [-0.1, -0.05) is 0 Å². The Morgan fingerprint density at radius 3 is 0.833 bits per heavy atom. The van der Waals surface area contributed by atoms with Crippen molar-refractivity contribution in [2.24, 2.45) is 0 Å². The van der Waals surface area contributed by atoms with Crippen molar-refractivity contribution in [2.75, 3.05) is 0 Å². The van der Waals surface area contributed by atoms with Crippen molar-refractivity contribution in [3.63, 3.8) is 0 Å². The van der Waals surface area contributed by atoms with Crippen LogP contribution in [-0.2, 0) is 0 Å². The van der Waals surface area contributed by atoms with Gasteiger partial charge in [0, 0.05) is 0 Å². The molecule has 0 bridgehead atoms. The fourth-order valence-electron chi connectivity index (χ4n) is 0. The molecule has 0 saturated heterocycles. The third-order valence-corrected chi connectivity index (χ3v) is 0. The zero-order chi connectivity index (χ0) is 4.50. The first-order chi connectivity index (χ1) is 2.00. The van der Waals surface area contributed by atoms with E-state index in [1.54, 1.807) is 0 Å².